The van der Waals surface area contributed by atoms with E-state index in [0.717, 1.165) is 61.1 Å². The molecule has 2 aliphatic heterocycles. The Morgan fingerprint density at radius 2 is 1.74 bits per heavy atom. The van der Waals surface area contributed by atoms with E-state index in [1.54, 1.807) is 18.2 Å². The summed E-state index contributed by atoms with van der Waals surface area (Å²) in [6.07, 6.45) is 7.69. The molecule has 2 fully saturated rings. The predicted molar refractivity (Wildman–Crippen MR) is 157 cm³/mol. The molecule has 208 valence electrons. The fraction of sp³-hybridized carbons (Fsp3) is 0.467. The maximum absolute atomic E-state index is 14.3. The monoisotopic (exact) mass is 569 g/mol. The third-order valence-electron chi connectivity index (χ3n) is 8.34. The summed E-state index contributed by atoms with van der Waals surface area (Å²) in [5.41, 5.74) is 9.54. The van der Waals surface area contributed by atoms with Crippen molar-refractivity contribution in [3.63, 3.8) is 0 Å². The van der Waals surface area contributed by atoms with Gasteiger partial charge in [0, 0.05) is 43.2 Å². The zero-order valence-corrected chi connectivity index (χ0v) is 23.9. The molecule has 5 rings (SSSR count). The molecule has 0 bridgehead atoms. The molecule has 1 aromatic heterocycles. The van der Waals surface area contributed by atoms with Crippen LogP contribution in [0.4, 0.5) is 0 Å². The number of likely N-dealkylation sites (tertiary alicyclic amines) is 2. The molecule has 3 N–H and O–H groups in total. The number of H-pyrrole nitrogens is 1. The molecule has 39 heavy (non-hydrogen) atoms. The van der Waals surface area contributed by atoms with Gasteiger partial charge in [-0.2, -0.15) is 0 Å². The summed E-state index contributed by atoms with van der Waals surface area (Å²) in [5, 5.41) is 1.80. The average molecular weight is 571 g/mol. The minimum atomic E-state index is -0.682. The Labute approximate surface area is 240 Å². The van der Waals surface area contributed by atoms with Crippen LogP contribution in [0.1, 0.15) is 56.2 Å². The topological polar surface area (TPSA) is 85.7 Å². The third kappa shape index (κ3) is 6.18. The SMILES string of the molecule is CC(=O)N(Cc1ccc(Cl)c(Cl)c1)C(=O)C(C(N)c1c[nH]c2ccccc12)N1CCC(N2CCCCC2)CC1. The quantitative estimate of drug-likeness (QED) is 0.399. The molecule has 2 unspecified atom stereocenters. The number of nitrogens with one attached hydrogen (secondary N) is 1. The van der Waals surface area contributed by atoms with Crippen molar-refractivity contribution < 1.29 is 9.59 Å². The fourth-order valence-electron chi connectivity index (χ4n) is 6.21. The minimum Gasteiger partial charge on any atom is -0.361 e. The van der Waals surface area contributed by atoms with E-state index in [1.165, 1.54) is 31.1 Å². The van der Waals surface area contributed by atoms with Gasteiger partial charge in [-0.25, -0.2) is 0 Å². The second kappa shape index (κ2) is 12.4. The fourth-order valence-corrected chi connectivity index (χ4v) is 6.53. The Bertz CT molecular complexity index is 1310. The second-order valence-electron chi connectivity index (χ2n) is 10.8. The molecule has 0 saturated carbocycles. The Morgan fingerprint density at radius 3 is 2.44 bits per heavy atom. The van der Waals surface area contributed by atoms with Gasteiger partial charge in [0.1, 0.15) is 6.04 Å². The average Bonchev–Trinajstić information content (AvgIpc) is 3.38. The molecule has 0 aliphatic carbocycles. The van der Waals surface area contributed by atoms with Crippen LogP contribution in [0.15, 0.2) is 48.7 Å². The van der Waals surface area contributed by atoms with E-state index in [-0.39, 0.29) is 18.4 Å². The lowest BCUT2D eigenvalue weighted by Gasteiger charge is -2.44. The molecule has 2 aliphatic rings. The number of hydrogen-bond donors (Lipinski definition) is 2. The van der Waals surface area contributed by atoms with Gasteiger partial charge in [0.05, 0.1) is 22.6 Å². The number of aromatic nitrogens is 1. The molecule has 0 radical (unpaired) electrons. The number of hydrogen-bond acceptors (Lipinski definition) is 5. The smallest absolute Gasteiger partial charge is 0.248 e. The molecular weight excluding hydrogens is 533 g/mol. The Morgan fingerprint density at radius 1 is 1.03 bits per heavy atom. The molecule has 9 heteroatoms. The normalized spacial score (nSPS) is 19.2. The van der Waals surface area contributed by atoms with Gasteiger partial charge in [0.2, 0.25) is 11.8 Å². The number of amides is 2. The highest BCUT2D eigenvalue weighted by Gasteiger charge is 2.40. The summed E-state index contributed by atoms with van der Waals surface area (Å²) in [5.74, 6) is -0.617. The number of para-hydroxylation sites is 1. The third-order valence-corrected chi connectivity index (χ3v) is 9.08. The summed E-state index contributed by atoms with van der Waals surface area (Å²) in [4.78, 5) is 36.6. The molecular formula is C30H37Cl2N5O2. The second-order valence-corrected chi connectivity index (χ2v) is 11.6. The van der Waals surface area contributed by atoms with Crippen LogP contribution in [-0.2, 0) is 16.1 Å². The van der Waals surface area contributed by atoms with E-state index < -0.39 is 12.1 Å². The van der Waals surface area contributed by atoms with Gasteiger partial charge in [-0.15, -0.1) is 0 Å². The van der Waals surface area contributed by atoms with Crippen LogP contribution in [0.5, 0.6) is 0 Å². The molecule has 2 amide bonds. The van der Waals surface area contributed by atoms with Crippen LogP contribution in [-0.4, -0.2) is 69.8 Å². The van der Waals surface area contributed by atoms with Crippen LogP contribution >= 0.6 is 23.2 Å². The van der Waals surface area contributed by atoms with Crippen molar-refractivity contribution in [2.24, 2.45) is 5.73 Å². The number of fused-ring (bicyclic) bond motifs is 1. The van der Waals surface area contributed by atoms with E-state index in [9.17, 15) is 9.59 Å². The number of carbonyl (C=O) groups excluding carboxylic acids is 2. The van der Waals surface area contributed by atoms with Crippen molar-refractivity contribution in [1.29, 1.82) is 0 Å². The van der Waals surface area contributed by atoms with Crippen LogP contribution in [0.2, 0.25) is 10.0 Å². The Hall–Kier alpha value is -2.42. The van der Waals surface area contributed by atoms with Crippen molar-refractivity contribution in [2.75, 3.05) is 26.2 Å². The molecule has 7 nitrogen and oxygen atoms in total. The number of nitrogens with zero attached hydrogens (tertiary/aromatic N) is 3. The molecule has 2 aromatic carbocycles. The van der Waals surface area contributed by atoms with Gasteiger partial charge in [-0.3, -0.25) is 19.4 Å². The maximum Gasteiger partial charge on any atom is 0.248 e. The Kier molecular flexibility index (Phi) is 8.94. The molecule has 3 aromatic rings. The number of carbonyl (C=O) groups is 2. The molecule has 2 atom stereocenters. The van der Waals surface area contributed by atoms with Gasteiger partial charge in [-0.05, 0) is 68.1 Å². The zero-order chi connectivity index (χ0) is 27.5. The number of nitrogens with two attached hydrogens (primary N) is 1. The number of benzene rings is 2. The zero-order valence-electron chi connectivity index (χ0n) is 22.4. The maximum atomic E-state index is 14.3. The lowest BCUT2D eigenvalue weighted by molar-refractivity contribution is -0.149. The van der Waals surface area contributed by atoms with E-state index >= 15 is 0 Å². The molecule has 3 heterocycles. The predicted octanol–water partition coefficient (Wildman–Crippen LogP) is 5.37. The van der Waals surface area contributed by atoms with E-state index in [4.69, 9.17) is 28.9 Å². The first-order valence-corrected chi connectivity index (χ1v) is 14.6. The number of piperidine rings is 2. The highest BCUT2D eigenvalue weighted by molar-refractivity contribution is 6.42. The largest absolute Gasteiger partial charge is 0.361 e. The number of imide groups is 1. The number of aromatic amines is 1. The van der Waals surface area contributed by atoms with Gasteiger partial charge >= 0.3 is 0 Å². The first-order chi connectivity index (χ1) is 18.8. The van der Waals surface area contributed by atoms with Gasteiger partial charge in [-0.1, -0.05) is 53.9 Å². The van der Waals surface area contributed by atoms with Crippen molar-refractivity contribution in [2.45, 2.75) is 63.7 Å². The summed E-state index contributed by atoms with van der Waals surface area (Å²) < 4.78 is 0. The number of halogens is 2. The van der Waals surface area contributed by atoms with Crippen molar-refractivity contribution >= 4 is 45.9 Å². The van der Waals surface area contributed by atoms with Crippen molar-refractivity contribution in [1.82, 2.24) is 19.7 Å². The Balaban J connectivity index is 1.43. The lowest BCUT2D eigenvalue weighted by atomic mass is 9.93. The van der Waals surface area contributed by atoms with Crippen LogP contribution in [0.25, 0.3) is 10.9 Å². The summed E-state index contributed by atoms with van der Waals surface area (Å²) in [6, 6.07) is 12.4. The van der Waals surface area contributed by atoms with Crippen LogP contribution in [0.3, 0.4) is 0 Å². The van der Waals surface area contributed by atoms with Crippen LogP contribution < -0.4 is 5.73 Å². The standard InChI is InChI=1S/C30H37Cl2N5O2/c1-20(38)37(19-21-9-10-25(31)26(32)17-21)30(39)29(28(33)24-18-34-27-8-4-3-7-23(24)27)36-15-11-22(12-16-36)35-13-5-2-6-14-35/h3-4,7-10,17-18,22,28-29,34H,2,5-6,11-16,19,33H2,1H3. The first kappa shape index (κ1) is 28.1. The summed E-state index contributed by atoms with van der Waals surface area (Å²) in [6.45, 7) is 5.35. The van der Waals surface area contributed by atoms with E-state index in [1.807, 2.05) is 30.5 Å². The highest BCUT2D eigenvalue weighted by Crippen LogP contribution is 2.31. The van der Waals surface area contributed by atoms with E-state index in [0.29, 0.717) is 16.1 Å². The van der Waals surface area contributed by atoms with Gasteiger partial charge in [0.15, 0.2) is 0 Å². The minimum absolute atomic E-state index is 0.104. The molecule has 2 saturated heterocycles. The van der Waals surface area contributed by atoms with E-state index in [2.05, 4.69) is 14.8 Å². The van der Waals surface area contributed by atoms with Crippen LogP contribution in [0, 0.1) is 0 Å². The van der Waals surface area contributed by atoms with Crippen molar-refractivity contribution in [3.8, 4) is 0 Å². The molecule has 0 spiro atoms. The first-order valence-electron chi connectivity index (χ1n) is 13.9. The lowest BCUT2D eigenvalue weighted by Crippen LogP contribution is -2.58. The van der Waals surface area contributed by atoms with Gasteiger partial charge < -0.3 is 15.6 Å². The van der Waals surface area contributed by atoms with Gasteiger partial charge in [0.25, 0.3) is 0 Å². The summed E-state index contributed by atoms with van der Waals surface area (Å²) in [7, 11) is 0. The highest BCUT2D eigenvalue weighted by atomic mass is 35.5. The number of rotatable bonds is 7. The summed E-state index contributed by atoms with van der Waals surface area (Å²) >= 11 is 12.3. The van der Waals surface area contributed by atoms with Crippen molar-refractivity contribution in [3.05, 3.63) is 69.8 Å².